The Morgan fingerprint density at radius 1 is 1.41 bits per heavy atom. The Hall–Kier alpha value is -1.24. The number of quaternary nitrogens is 1. The van der Waals surface area contributed by atoms with Gasteiger partial charge in [0, 0.05) is 4.88 Å². The molecule has 0 saturated carbocycles. The molecule has 118 valence electrons. The number of aromatic nitrogens is 2. The fourth-order valence-electron chi connectivity index (χ4n) is 3.55. The van der Waals surface area contributed by atoms with Crippen LogP contribution in [0.4, 0.5) is 0 Å². The quantitative estimate of drug-likeness (QED) is 0.848. The highest BCUT2D eigenvalue weighted by Gasteiger charge is 2.24. The van der Waals surface area contributed by atoms with E-state index in [0.717, 1.165) is 67.6 Å². The second-order valence-corrected chi connectivity index (χ2v) is 7.67. The maximum absolute atomic E-state index is 12.5. The molecule has 1 saturated heterocycles. The van der Waals surface area contributed by atoms with Crippen LogP contribution < -0.4 is 10.5 Å². The average molecular weight is 320 g/mol. The number of H-pyrrole nitrogens is 1. The van der Waals surface area contributed by atoms with Crippen LogP contribution >= 0.6 is 11.3 Å². The van der Waals surface area contributed by atoms with Gasteiger partial charge in [-0.15, -0.1) is 11.3 Å². The Labute approximate surface area is 133 Å². The zero-order valence-electron chi connectivity index (χ0n) is 12.9. The van der Waals surface area contributed by atoms with E-state index >= 15 is 0 Å². The molecule has 0 unspecified atom stereocenters. The van der Waals surface area contributed by atoms with Crippen molar-refractivity contribution in [3.05, 3.63) is 26.6 Å². The summed E-state index contributed by atoms with van der Waals surface area (Å²) in [5.74, 6) is 1.54. The van der Waals surface area contributed by atoms with Crippen molar-refractivity contribution in [2.75, 3.05) is 26.3 Å². The molecular formula is C16H22N3O2S+. The van der Waals surface area contributed by atoms with E-state index in [0.29, 0.717) is 0 Å². The molecule has 3 heterocycles. The predicted molar refractivity (Wildman–Crippen MR) is 86.6 cm³/mol. The molecule has 2 aromatic heterocycles. The summed E-state index contributed by atoms with van der Waals surface area (Å²) in [6.07, 6.45) is 3.30. The highest BCUT2D eigenvalue weighted by Crippen LogP contribution is 2.35. The van der Waals surface area contributed by atoms with Gasteiger partial charge in [-0.25, -0.2) is 4.98 Å². The van der Waals surface area contributed by atoms with Crippen molar-refractivity contribution in [3.8, 4) is 0 Å². The Kier molecular flexibility index (Phi) is 3.76. The van der Waals surface area contributed by atoms with E-state index in [2.05, 4.69) is 11.9 Å². The first-order valence-electron chi connectivity index (χ1n) is 8.15. The van der Waals surface area contributed by atoms with E-state index in [1.54, 1.807) is 11.3 Å². The minimum absolute atomic E-state index is 0.0553. The van der Waals surface area contributed by atoms with Gasteiger partial charge in [-0.2, -0.15) is 0 Å². The largest absolute Gasteiger partial charge is 0.370 e. The number of thiophene rings is 1. The average Bonchev–Trinajstić information content (AvgIpc) is 2.85. The number of fused-ring (bicyclic) bond motifs is 3. The lowest BCUT2D eigenvalue weighted by molar-refractivity contribution is -0.922. The summed E-state index contributed by atoms with van der Waals surface area (Å²) >= 11 is 1.73. The smallest absolute Gasteiger partial charge is 0.260 e. The first-order valence-corrected chi connectivity index (χ1v) is 8.97. The summed E-state index contributed by atoms with van der Waals surface area (Å²) in [4.78, 5) is 24.1. The first-order chi connectivity index (χ1) is 10.7. The Bertz CT molecular complexity index is 746. The Balaban J connectivity index is 1.69. The maximum Gasteiger partial charge on any atom is 0.260 e. The van der Waals surface area contributed by atoms with Gasteiger partial charge in [0.05, 0.1) is 18.6 Å². The molecule has 0 bridgehead atoms. The molecule has 2 aromatic rings. The molecule has 1 aliphatic carbocycles. The van der Waals surface area contributed by atoms with E-state index in [9.17, 15) is 4.79 Å². The zero-order valence-corrected chi connectivity index (χ0v) is 13.7. The molecule has 0 aromatic carbocycles. The topological polar surface area (TPSA) is 59.4 Å². The van der Waals surface area contributed by atoms with Crippen LogP contribution in [0.1, 0.15) is 29.6 Å². The number of morpholine rings is 1. The van der Waals surface area contributed by atoms with Gasteiger partial charge in [-0.3, -0.25) is 4.79 Å². The normalized spacial score (nSPS) is 22.9. The third-order valence-corrected chi connectivity index (χ3v) is 5.98. The number of aromatic amines is 1. The number of hydrogen-bond donors (Lipinski definition) is 2. The number of rotatable bonds is 2. The summed E-state index contributed by atoms with van der Waals surface area (Å²) < 4.78 is 5.39. The number of aryl methyl sites for hydroxylation is 1. The lowest BCUT2D eigenvalue weighted by Gasteiger charge is -2.23. The van der Waals surface area contributed by atoms with Crippen LogP contribution in [0.15, 0.2) is 4.79 Å². The monoisotopic (exact) mass is 320 g/mol. The number of nitrogens with one attached hydrogen (secondary N) is 2. The summed E-state index contributed by atoms with van der Waals surface area (Å²) in [6, 6.07) is 0. The maximum atomic E-state index is 12.5. The van der Waals surface area contributed by atoms with E-state index in [1.807, 2.05) is 0 Å². The molecule has 0 radical (unpaired) electrons. The molecule has 2 N–H and O–H groups in total. The van der Waals surface area contributed by atoms with Gasteiger partial charge in [-0.1, -0.05) is 6.92 Å². The number of nitrogens with zero attached hydrogens (tertiary/aromatic N) is 1. The highest BCUT2D eigenvalue weighted by molar-refractivity contribution is 7.18. The molecule has 1 aliphatic heterocycles. The minimum atomic E-state index is 0.0553. The molecule has 5 nitrogen and oxygen atoms in total. The second-order valence-electron chi connectivity index (χ2n) is 6.58. The van der Waals surface area contributed by atoms with Gasteiger partial charge >= 0.3 is 0 Å². The van der Waals surface area contributed by atoms with Gasteiger partial charge in [0.2, 0.25) is 0 Å². The SMILES string of the molecule is C[C@H]1CCc2c(sc3nc(C[NH+]4CCOCC4)[nH]c(=O)c23)C1. The van der Waals surface area contributed by atoms with Gasteiger partial charge in [0.1, 0.15) is 24.5 Å². The molecule has 1 fully saturated rings. The van der Waals surface area contributed by atoms with Crippen molar-refractivity contribution in [1.29, 1.82) is 0 Å². The molecule has 22 heavy (non-hydrogen) atoms. The molecule has 0 amide bonds. The third-order valence-electron chi connectivity index (χ3n) is 4.83. The Morgan fingerprint density at radius 3 is 3.05 bits per heavy atom. The van der Waals surface area contributed by atoms with E-state index in [1.165, 1.54) is 21.8 Å². The fraction of sp³-hybridized carbons (Fsp3) is 0.625. The van der Waals surface area contributed by atoms with Crippen molar-refractivity contribution in [2.24, 2.45) is 5.92 Å². The third kappa shape index (κ3) is 2.59. The van der Waals surface area contributed by atoms with Crippen molar-refractivity contribution in [1.82, 2.24) is 9.97 Å². The zero-order chi connectivity index (χ0) is 15.1. The standard InChI is InChI=1S/C16H21N3O2S/c1-10-2-3-11-12(8-10)22-16-14(11)15(20)17-13(18-16)9-19-4-6-21-7-5-19/h10H,2-9H2,1H3,(H,17,18,20)/p+1/t10-/m0/s1. The van der Waals surface area contributed by atoms with Crippen LogP contribution in [0.5, 0.6) is 0 Å². The Morgan fingerprint density at radius 2 is 2.23 bits per heavy atom. The molecule has 0 spiro atoms. The molecule has 4 rings (SSSR count). The molecule has 6 heteroatoms. The number of hydrogen-bond acceptors (Lipinski definition) is 4. The van der Waals surface area contributed by atoms with Crippen molar-refractivity contribution >= 4 is 21.6 Å². The molecular weight excluding hydrogens is 298 g/mol. The predicted octanol–water partition coefficient (Wildman–Crippen LogP) is 0.525. The van der Waals surface area contributed by atoms with Crippen LogP contribution in [0.2, 0.25) is 0 Å². The minimum Gasteiger partial charge on any atom is -0.370 e. The van der Waals surface area contributed by atoms with Crippen LogP contribution in [-0.4, -0.2) is 36.3 Å². The van der Waals surface area contributed by atoms with Gasteiger partial charge in [0.15, 0.2) is 5.82 Å². The fourth-order valence-corrected chi connectivity index (χ4v) is 4.95. The van der Waals surface area contributed by atoms with Crippen LogP contribution in [0.3, 0.4) is 0 Å². The highest BCUT2D eigenvalue weighted by atomic mass is 32.1. The lowest BCUT2D eigenvalue weighted by Crippen LogP contribution is -3.12. The summed E-state index contributed by atoms with van der Waals surface area (Å²) in [5, 5.41) is 0.854. The van der Waals surface area contributed by atoms with Crippen molar-refractivity contribution in [3.63, 3.8) is 0 Å². The van der Waals surface area contributed by atoms with Crippen molar-refractivity contribution in [2.45, 2.75) is 32.7 Å². The van der Waals surface area contributed by atoms with Crippen LogP contribution in [0.25, 0.3) is 10.2 Å². The molecule has 1 atom stereocenters. The summed E-state index contributed by atoms with van der Waals surface area (Å²) in [7, 11) is 0. The van der Waals surface area contributed by atoms with Crippen LogP contribution in [0, 0.1) is 5.92 Å². The van der Waals surface area contributed by atoms with Gasteiger partial charge < -0.3 is 14.6 Å². The lowest BCUT2D eigenvalue weighted by atomic mass is 9.89. The van der Waals surface area contributed by atoms with Gasteiger partial charge in [-0.05, 0) is 30.7 Å². The van der Waals surface area contributed by atoms with Crippen LogP contribution in [-0.2, 0) is 24.1 Å². The number of ether oxygens (including phenoxy) is 1. The molecule has 2 aliphatic rings. The summed E-state index contributed by atoms with van der Waals surface area (Å²) in [5.41, 5.74) is 1.32. The van der Waals surface area contributed by atoms with Crippen molar-refractivity contribution < 1.29 is 9.64 Å². The first kappa shape index (κ1) is 14.4. The second kappa shape index (κ2) is 5.76. The summed E-state index contributed by atoms with van der Waals surface area (Å²) in [6.45, 7) is 6.64. The van der Waals surface area contributed by atoms with E-state index < -0.39 is 0 Å². The van der Waals surface area contributed by atoms with E-state index in [-0.39, 0.29) is 5.56 Å². The van der Waals surface area contributed by atoms with Gasteiger partial charge in [0.25, 0.3) is 5.56 Å². The van der Waals surface area contributed by atoms with E-state index in [4.69, 9.17) is 9.72 Å².